The summed E-state index contributed by atoms with van der Waals surface area (Å²) in [7, 11) is 1.47. The third kappa shape index (κ3) is 3.89. The van der Waals surface area contributed by atoms with Crippen LogP contribution < -0.4 is 15.4 Å². The van der Waals surface area contributed by atoms with E-state index in [0.717, 1.165) is 24.3 Å². The number of alkyl halides is 3. The van der Waals surface area contributed by atoms with Crippen molar-refractivity contribution in [3.8, 4) is 5.75 Å². The summed E-state index contributed by atoms with van der Waals surface area (Å²) in [5.41, 5.74) is -1.40. The van der Waals surface area contributed by atoms with Gasteiger partial charge in [0.15, 0.2) is 0 Å². The minimum atomic E-state index is -4.45. The first kappa shape index (κ1) is 18.8. The van der Waals surface area contributed by atoms with Gasteiger partial charge in [-0.2, -0.15) is 13.2 Å². The summed E-state index contributed by atoms with van der Waals surface area (Å²) in [5.74, 6) is -0.559. The SMILES string of the molecule is COc1ccccc1NC(=O)C1(C(=O)Nc2ccc(C(F)(F)F)cc2)CC1. The molecule has 8 heteroatoms. The van der Waals surface area contributed by atoms with Crippen LogP contribution >= 0.6 is 0 Å². The van der Waals surface area contributed by atoms with E-state index in [2.05, 4.69) is 10.6 Å². The number of halogens is 3. The molecule has 1 aliphatic carbocycles. The smallest absolute Gasteiger partial charge is 0.416 e. The molecule has 5 nitrogen and oxygen atoms in total. The second-order valence-corrected chi connectivity index (χ2v) is 6.27. The van der Waals surface area contributed by atoms with Crippen LogP contribution in [-0.4, -0.2) is 18.9 Å². The highest BCUT2D eigenvalue weighted by molar-refractivity contribution is 6.17. The van der Waals surface area contributed by atoms with Crippen molar-refractivity contribution >= 4 is 23.2 Å². The van der Waals surface area contributed by atoms with Crippen LogP contribution in [0.2, 0.25) is 0 Å². The lowest BCUT2D eigenvalue weighted by atomic mass is 10.0. The second-order valence-electron chi connectivity index (χ2n) is 6.27. The van der Waals surface area contributed by atoms with E-state index in [-0.39, 0.29) is 5.69 Å². The van der Waals surface area contributed by atoms with Gasteiger partial charge in [0.25, 0.3) is 0 Å². The Balaban J connectivity index is 1.70. The summed E-state index contributed by atoms with van der Waals surface area (Å²) >= 11 is 0. The molecule has 0 saturated heterocycles. The van der Waals surface area contributed by atoms with Gasteiger partial charge < -0.3 is 15.4 Å². The van der Waals surface area contributed by atoms with E-state index in [9.17, 15) is 22.8 Å². The van der Waals surface area contributed by atoms with E-state index in [1.54, 1.807) is 24.3 Å². The largest absolute Gasteiger partial charge is 0.495 e. The van der Waals surface area contributed by atoms with E-state index >= 15 is 0 Å². The van der Waals surface area contributed by atoms with Gasteiger partial charge >= 0.3 is 6.18 Å². The lowest BCUT2D eigenvalue weighted by Gasteiger charge is -2.17. The lowest BCUT2D eigenvalue weighted by molar-refractivity contribution is -0.137. The van der Waals surface area contributed by atoms with Gasteiger partial charge in [-0.3, -0.25) is 9.59 Å². The monoisotopic (exact) mass is 378 g/mol. The molecule has 3 rings (SSSR count). The number of rotatable bonds is 5. The Labute approximate surface area is 153 Å². The maximum Gasteiger partial charge on any atom is 0.416 e. The number of methoxy groups -OCH3 is 1. The van der Waals surface area contributed by atoms with Crippen LogP contribution in [0.25, 0.3) is 0 Å². The minimum absolute atomic E-state index is 0.198. The topological polar surface area (TPSA) is 67.4 Å². The van der Waals surface area contributed by atoms with E-state index in [0.29, 0.717) is 24.3 Å². The van der Waals surface area contributed by atoms with Gasteiger partial charge in [-0.1, -0.05) is 12.1 Å². The summed E-state index contributed by atoms with van der Waals surface area (Å²) in [5, 5.41) is 5.21. The first-order valence-corrected chi connectivity index (χ1v) is 8.19. The Morgan fingerprint density at radius 1 is 0.963 bits per heavy atom. The predicted octanol–water partition coefficient (Wildman–Crippen LogP) is 4.07. The zero-order valence-electron chi connectivity index (χ0n) is 14.4. The maximum absolute atomic E-state index is 12.6. The normalized spacial score (nSPS) is 15.0. The Morgan fingerprint density at radius 2 is 1.56 bits per heavy atom. The number of hydrogen-bond acceptors (Lipinski definition) is 3. The number of carbonyl (C=O) groups is 2. The molecule has 0 atom stereocenters. The molecule has 0 heterocycles. The van der Waals surface area contributed by atoms with Crippen molar-refractivity contribution in [1.82, 2.24) is 0 Å². The highest BCUT2D eigenvalue weighted by Gasteiger charge is 2.56. The van der Waals surface area contributed by atoms with Crippen LogP contribution in [-0.2, 0) is 15.8 Å². The summed E-state index contributed by atoms with van der Waals surface area (Å²) in [6, 6.07) is 10.9. The number of nitrogens with one attached hydrogen (secondary N) is 2. The van der Waals surface area contributed by atoms with Crippen LogP contribution in [0.1, 0.15) is 18.4 Å². The highest BCUT2D eigenvalue weighted by Crippen LogP contribution is 2.48. The standard InChI is InChI=1S/C19H17F3N2O3/c1-27-15-5-3-2-4-14(15)24-17(26)18(10-11-18)16(25)23-13-8-6-12(7-9-13)19(20,21)22/h2-9H,10-11H2,1H3,(H,23,25)(H,24,26). The number of para-hydroxylation sites is 2. The van der Waals surface area contributed by atoms with Gasteiger partial charge in [0.05, 0.1) is 18.4 Å². The average molecular weight is 378 g/mol. The molecule has 0 aromatic heterocycles. The van der Waals surface area contributed by atoms with Crippen molar-refractivity contribution in [3.63, 3.8) is 0 Å². The van der Waals surface area contributed by atoms with Crippen molar-refractivity contribution in [2.24, 2.45) is 5.41 Å². The fourth-order valence-corrected chi connectivity index (χ4v) is 2.67. The van der Waals surface area contributed by atoms with Gasteiger partial charge in [0, 0.05) is 5.69 Å². The third-order valence-corrected chi connectivity index (χ3v) is 4.44. The fraction of sp³-hybridized carbons (Fsp3) is 0.263. The number of carbonyl (C=O) groups excluding carboxylic acids is 2. The van der Waals surface area contributed by atoms with Gasteiger partial charge in [0.2, 0.25) is 11.8 Å². The number of ether oxygens (including phenoxy) is 1. The van der Waals surface area contributed by atoms with Crippen LogP contribution in [0.15, 0.2) is 48.5 Å². The van der Waals surface area contributed by atoms with E-state index in [1.165, 1.54) is 7.11 Å². The van der Waals surface area contributed by atoms with Crippen LogP contribution in [0.5, 0.6) is 5.75 Å². The van der Waals surface area contributed by atoms with Crippen LogP contribution in [0, 0.1) is 5.41 Å². The quantitative estimate of drug-likeness (QED) is 0.771. The second kappa shape index (κ2) is 6.94. The van der Waals surface area contributed by atoms with Crippen molar-refractivity contribution in [3.05, 3.63) is 54.1 Å². The first-order valence-electron chi connectivity index (χ1n) is 8.19. The molecule has 2 N–H and O–H groups in total. The molecule has 2 amide bonds. The molecule has 0 aliphatic heterocycles. The van der Waals surface area contributed by atoms with Crippen molar-refractivity contribution < 1.29 is 27.5 Å². The maximum atomic E-state index is 12.6. The summed E-state index contributed by atoms with van der Waals surface area (Å²) in [4.78, 5) is 25.1. The summed E-state index contributed by atoms with van der Waals surface area (Å²) in [6.07, 6.45) is -3.73. The Morgan fingerprint density at radius 3 is 2.11 bits per heavy atom. The molecule has 1 fully saturated rings. The van der Waals surface area contributed by atoms with E-state index in [4.69, 9.17) is 4.74 Å². The molecule has 0 spiro atoms. The molecular formula is C19H17F3N2O3. The summed E-state index contributed by atoms with van der Waals surface area (Å²) in [6.45, 7) is 0. The van der Waals surface area contributed by atoms with Crippen LogP contribution in [0.4, 0.5) is 24.5 Å². The predicted molar refractivity (Wildman–Crippen MR) is 93.4 cm³/mol. The molecule has 0 bridgehead atoms. The van der Waals surface area contributed by atoms with E-state index in [1.807, 2.05) is 0 Å². The Bertz CT molecular complexity index is 859. The molecule has 2 aromatic carbocycles. The van der Waals surface area contributed by atoms with Crippen molar-refractivity contribution in [1.29, 1.82) is 0 Å². The average Bonchev–Trinajstić information content (AvgIpc) is 3.44. The molecule has 2 aromatic rings. The van der Waals surface area contributed by atoms with Gasteiger partial charge in [-0.25, -0.2) is 0 Å². The zero-order chi connectivity index (χ0) is 19.7. The fourth-order valence-electron chi connectivity index (χ4n) is 2.67. The lowest BCUT2D eigenvalue weighted by Crippen LogP contribution is -2.35. The molecule has 1 saturated carbocycles. The Hall–Kier alpha value is -3.03. The van der Waals surface area contributed by atoms with Crippen molar-refractivity contribution in [2.75, 3.05) is 17.7 Å². The number of hydrogen-bond donors (Lipinski definition) is 2. The van der Waals surface area contributed by atoms with Crippen LogP contribution in [0.3, 0.4) is 0 Å². The van der Waals surface area contributed by atoms with E-state index < -0.39 is 29.0 Å². The Kier molecular flexibility index (Phi) is 4.82. The molecule has 142 valence electrons. The molecular weight excluding hydrogens is 361 g/mol. The number of benzene rings is 2. The number of amides is 2. The number of anilines is 2. The highest BCUT2D eigenvalue weighted by atomic mass is 19.4. The van der Waals surface area contributed by atoms with Gasteiger partial charge in [0.1, 0.15) is 11.2 Å². The minimum Gasteiger partial charge on any atom is -0.495 e. The first-order chi connectivity index (χ1) is 12.8. The molecule has 1 aliphatic rings. The zero-order valence-corrected chi connectivity index (χ0v) is 14.4. The van der Waals surface area contributed by atoms with Gasteiger partial charge in [-0.15, -0.1) is 0 Å². The summed E-state index contributed by atoms with van der Waals surface area (Å²) < 4.78 is 43.0. The van der Waals surface area contributed by atoms with Gasteiger partial charge in [-0.05, 0) is 49.2 Å². The molecule has 27 heavy (non-hydrogen) atoms. The molecule has 0 unspecified atom stereocenters. The third-order valence-electron chi connectivity index (χ3n) is 4.44. The van der Waals surface area contributed by atoms with Crippen molar-refractivity contribution in [2.45, 2.75) is 19.0 Å². The molecule has 0 radical (unpaired) electrons.